The molecule has 2 heterocycles. The van der Waals surface area contributed by atoms with Gasteiger partial charge in [-0.15, -0.1) is 20.4 Å². The van der Waals surface area contributed by atoms with Gasteiger partial charge >= 0.3 is 0 Å². The molecule has 0 aliphatic carbocycles. The normalized spacial score (nSPS) is 11.4. The molecule has 0 aliphatic heterocycles. The Labute approximate surface area is 210 Å². The van der Waals surface area contributed by atoms with Gasteiger partial charge in [-0.05, 0) is 66.9 Å². The number of nitrogens with zero attached hydrogens (tertiary/aromatic N) is 6. The molecule has 0 radical (unpaired) electrons. The van der Waals surface area contributed by atoms with Crippen molar-refractivity contribution >= 4 is 23.0 Å². The first-order valence-corrected chi connectivity index (χ1v) is 11.4. The molecule has 0 amide bonds. The van der Waals surface area contributed by atoms with Crippen molar-refractivity contribution in [2.75, 3.05) is 0 Å². The molecule has 5 aromatic rings. The maximum Gasteiger partial charge on any atom is 0.299 e. The van der Waals surface area contributed by atoms with E-state index in [0.717, 1.165) is 16.7 Å². The van der Waals surface area contributed by atoms with Crippen LogP contribution in [0.15, 0.2) is 69.6 Å². The molecule has 0 aliphatic rings. The molecule has 10 nitrogen and oxygen atoms in total. The third kappa shape index (κ3) is 4.29. The zero-order valence-corrected chi connectivity index (χ0v) is 20.4. The monoisotopic (exact) mass is 500 g/mol. The maximum absolute atomic E-state index is 13.0. The quantitative estimate of drug-likeness (QED) is 0.265. The van der Waals surface area contributed by atoms with Crippen molar-refractivity contribution < 1.29 is 5.11 Å². The number of H-pyrrole nitrogens is 2. The number of azo groups is 1. The van der Waals surface area contributed by atoms with Gasteiger partial charge in [0.2, 0.25) is 5.82 Å². The highest BCUT2D eigenvalue weighted by Gasteiger charge is 2.15. The van der Waals surface area contributed by atoms with Crippen LogP contribution >= 0.6 is 11.6 Å². The molecule has 5 rings (SSSR count). The molecule has 0 fully saturated rings. The molecule has 0 atom stereocenters. The summed E-state index contributed by atoms with van der Waals surface area (Å²) < 4.78 is 1.42. The fourth-order valence-electron chi connectivity index (χ4n) is 3.77. The second-order valence-electron chi connectivity index (χ2n) is 8.33. The molecule has 3 aromatic carbocycles. The Hall–Kier alpha value is -4.57. The lowest BCUT2D eigenvalue weighted by Gasteiger charge is -2.08. The lowest BCUT2D eigenvalue weighted by molar-refractivity contribution is 0.478. The zero-order valence-electron chi connectivity index (χ0n) is 19.6. The predicted molar refractivity (Wildman–Crippen MR) is 137 cm³/mol. The number of benzene rings is 3. The van der Waals surface area contributed by atoms with E-state index >= 15 is 0 Å². The van der Waals surface area contributed by atoms with E-state index in [1.165, 1.54) is 10.7 Å². The van der Waals surface area contributed by atoms with Gasteiger partial charge in [-0.1, -0.05) is 41.9 Å². The van der Waals surface area contributed by atoms with Crippen LogP contribution in [-0.2, 0) is 0 Å². The van der Waals surface area contributed by atoms with Crippen LogP contribution in [0.1, 0.15) is 16.8 Å². The van der Waals surface area contributed by atoms with E-state index in [9.17, 15) is 9.90 Å². The van der Waals surface area contributed by atoms with Crippen LogP contribution in [0.3, 0.4) is 0 Å². The molecule has 11 heteroatoms. The van der Waals surface area contributed by atoms with Gasteiger partial charge in [-0.3, -0.25) is 9.89 Å². The molecular formula is C25H21ClN8O2. The fourth-order valence-corrected chi connectivity index (χ4v) is 3.98. The summed E-state index contributed by atoms with van der Waals surface area (Å²) in [4.78, 5) is 13.0. The smallest absolute Gasteiger partial charge is 0.299 e. The average molecular weight is 501 g/mol. The first-order chi connectivity index (χ1) is 17.3. The molecular weight excluding hydrogens is 480 g/mol. The van der Waals surface area contributed by atoms with Crippen molar-refractivity contribution in [2.45, 2.75) is 20.8 Å². The van der Waals surface area contributed by atoms with E-state index in [1.807, 2.05) is 32.0 Å². The molecule has 180 valence electrons. The van der Waals surface area contributed by atoms with E-state index < -0.39 is 0 Å². The van der Waals surface area contributed by atoms with E-state index in [0.29, 0.717) is 33.4 Å². The maximum atomic E-state index is 13.0. The molecule has 36 heavy (non-hydrogen) atoms. The number of tetrazole rings is 1. The van der Waals surface area contributed by atoms with Crippen LogP contribution < -0.4 is 5.56 Å². The van der Waals surface area contributed by atoms with E-state index in [2.05, 4.69) is 36.0 Å². The first-order valence-electron chi connectivity index (χ1n) is 11.0. The number of aromatic amines is 2. The fraction of sp³-hybridized carbons (Fsp3) is 0.120. The molecule has 0 saturated carbocycles. The third-order valence-corrected chi connectivity index (χ3v) is 6.12. The van der Waals surface area contributed by atoms with Crippen LogP contribution in [0, 0.1) is 20.8 Å². The minimum absolute atomic E-state index is 0.113. The van der Waals surface area contributed by atoms with Crippen LogP contribution in [-0.4, -0.2) is 35.5 Å². The second kappa shape index (κ2) is 9.23. The number of aromatic hydroxyl groups is 1. The minimum Gasteiger partial charge on any atom is -0.505 e. The number of hydrogen-bond donors (Lipinski definition) is 3. The molecule has 0 spiro atoms. The van der Waals surface area contributed by atoms with Crippen molar-refractivity contribution in [3.63, 3.8) is 0 Å². The Bertz CT molecular complexity index is 1650. The highest BCUT2D eigenvalue weighted by Crippen LogP contribution is 2.41. The van der Waals surface area contributed by atoms with Crippen molar-refractivity contribution in [1.82, 2.24) is 30.4 Å². The summed E-state index contributed by atoms with van der Waals surface area (Å²) in [6.45, 7) is 5.73. The number of phenols is 1. The van der Waals surface area contributed by atoms with Crippen LogP contribution in [0.5, 0.6) is 5.75 Å². The Kier molecular flexibility index (Phi) is 5.95. The molecule has 0 saturated heterocycles. The molecule has 0 unspecified atom stereocenters. The SMILES string of the molecule is Cc1ccc(-n2[nH]c(C)c(N=Nc3cc(Cl)cc(-c4ccc(-c5nn[nH]n5)cc4)c3O)c2=O)cc1C. The predicted octanol–water partition coefficient (Wildman–Crippen LogP) is 5.71. The van der Waals surface area contributed by atoms with E-state index in [-0.39, 0.29) is 22.7 Å². The summed E-state index contributed by atoms with van der Waals surface area (Å²) in [7, 11) is 0. The number of halogens is 1. The van der Waals surface area contributed by atoms with Gasteiger partial charge in [0.05, 0.1) is 11.4 Å². The number of phenolic OH excluding ortho intramolecular Hbond substituents is 1. The molecule has 3 N–H and O–H groups in total. The van der Waals surface area contributed by atoms with Gasteiger partial charge in [0.25, 0.3) is 5.56 Å². The second-order valence-corrected chi connectivity index (χ2v) is 8.76. The van der Waals surface area contributed by atoms with Gasteiger partial charge < -0.3 is 5.11 Å². The number of rotatable bonds is 5. The number of aryl methyl sites for hydroxylation is 3. The Morgan fingerprint density at radius 1 is 0.944 bits per heavy atom. The van der Waals surface area contributed by atoms with Crippen molar-refractivity contribution in [3.8, 4) is 34.0 Å². The first kappa shape index (κ1) is 23.2. The highest BCUT2D eigenvalue weighted by atomic mass is 35.5. The number of hydrogen-bond acceptors (Lipinski definition) is 7. The lowest BCUT2D eigenvalue weighted by Crippen LogP contribution is -2.14. The lowest BCUT2D eigenvalue weighted by atomic mass is 10.0. The van der Waals surface area contributed by atoms with Crippen LogP contribution in [0.2, 0.25) is 5.02 Å². The molecule has 2 aromatic heterocycles. The van der Waals surface area contributed by atoms with Gasteiger partial charge in [0.1, 0.15) is 5.69 Å². The summed E-state index contributed by atoms with van der Waals surface area (Å²) in [6.07, 6.45) is 0. The minimum atomic E-state index is -0.349. The third-order valence-electron chi connectivity index (χ3n) is 5.90. The van der Waals surface area contributed by atoms with E-state index in [1.54, 1.807) is 37.3 Å². The summed E-state index contributed by atoms with van der Waals surface area (Å²) >= 11 is 6.32. The topological polar surface area (TPSA) is 137 Å². The van der Waals surface area contributed by atoms with E-state index in [4.69, 9.17) is 11.6 Å². The number of nitrogens with one attached hydrogen (secondary N) is 2. The average Bonchev–Trinajstić information content (AvgIpc) is 3.50. The van der Waals surface area contributed by atoms with Gasteiger partial charge in [0, 0.05) is 16.1 Å². The van der Waals surface area contributed by atoms with Crippen molar-refractivity contribution in [2.24, 2.45) is 10.2 Å². The largest absolute Gasteiger partial charge is 0.505 e. The van der Waals surface area contributed by atoms with Crippen molar-refractivity contribution in [3.05, 3.63) is 86.8 Å². The van der Waals surface area contributed by atoms with Gasteiger partial charge in [-0.2, -0.15) is 5.21 Å². The Morgan fingerprint density at radius 2 is 1.69 bits per heavy atom. The number of aromatic nitrogens is 6. The van der Waals surface area contributed by atoms with Gasteiger partial charge in [0.15, 0.2) is 11.4 Å². The van der Waals surface area contributed by atoms with Gasteiger partial charge in [-0.25, -0.2) is 4.68 Å². The summed E-state index contributed by atoms with van der Waals surface area (Å²) in [5.41, 5.74) is 5.29. The summed E-state index contributed by atoms with van der Waals surface area (Å²) in [5.74, 6) is 0.345. The van der Waals surface area contributed by atoms with Crippen LogP contribution in [0.4, 0.5) is 11.4 Å². The summed E-state index contributed by atoms with van der Waals surface area (Å²) in [6, 6.07) is 16.1. The van der Waals surface area contributed by atoms with Crippen molar-refractivity contribution in [1.29, 1.82) is 0 Å². The highest BCUT2D eigenvalue weighted by molar-refractivity contribution is 6.31. The summed E-state index contributed by atoms with van der Waals surface area (Å²) in [5, 5.41) is 36.5. The molecule has 0 bridgehead atoms. The Morgan fingerprint density at radius 3 is 2.39 bits per heavy atom. The van der Waals surface area contributed by atoms with Crippen LogP contribution in [0.25, 0.3) is 28.2 Å². The standard InChI is InChI=1S/C25H21ClN8O2/c1-13-4-9-19(10-14(13)2)34-25(36)22(15(3)31-34)28-27-21-12-18(26)11-20(23(21)35)16-5-7-17(8-6-16)24-29-32-33-30-24/h4-12,31,35H,1-3H3,(H,29,30,32,33). The Balaban J connectivity index is 1.49. The zero-order chi connectivity index (χ0) is 25.4.